The Balaban J connectivity index is 2.23. The number of nitrogens with one attached hydrogen (secondary N) is 1. The summed E-state index contributed by atoms with van der Waals surface area (Å²) in [6.07, 6.45) is 1.07. The number of hydrogen-bond acceptors (Lipinski definition) is 3. The third-order valence-electron chi connectivity index (χ3n) is 3.57. The van der Waals surface area contributed by atoms with Crippen LogP contribution in [0.5, 0.6) is 0 Å². The van der Waals surface area contributed by atoms with Crippen molar-refractivity contribution in [1.29, 1.82) is 0 Å². The average Bonchev–Trinajstić information content (AvgIpc) is 2.43. The summed E-state index contributed by atoms with van der Waals surface area (Å²) in [7, 11) is 0. The third-order valence-corrected chi connectivity index (χ3v) is 4.16. The molecule has 0 atom stereocenters. The van der Waals surface area contributed by atoms with Gasteiger partial charge in [-0.25, -0.2) is 4.39 Å². The van der Waals surface area contributed by atoms with Crippen LogP contribution >= 0.6 is 23.2 Å². The van der Waals surface area contributed by atoms with Crippen LogP contribution < -0.4 is 11.1 Å². The number of carbonyl (C=O) groups excluding carboxylic acids is 1. The van der Waals surface area contributed by atoms with Crippen LogP contribution in [0, 0.1) is 11.2 Å². The van der Waals surface area contributed by atoms with E-state index in [0.717, 1.165) is 12.1 Å². The van der Waals surface area contributed by atoms with Crippen LogP contribution in [-0.2, 0) is 9.53 Å². The standard InChI is InChI=1S/C13H15Cl2FN2O2/c14-9-5-8(16)6-10(15)11(9)18-12(19)13(7-17)1-3-20-4-2-13/h5-6H,1-4,7,17H2,(H,18,19). The van der Waals surface area contributed by atoms with E-state index in [-0.39, 0.29) is 28.2 Å². The zero-order valence-electron chi connectivity index (χ0n) is 10.7. The second-order valence-corrected chi connectivity index (χ2v) is 5.61. The van der Waals surface area contributed by atoms with Crippen molar-refractivity contribution < 1.29 is 13.9 Å². The van der Waals surface area contributed by atoms with Gasteiger partial charge in [-0.05, 0) is 25.0 Å². The summed E-state index contributed by atoms with van der Waals surface area (Å²) in [4.78, 5) is 12.5. The highest BCUT2D eigenvalue weighted by Gasteiger charge is 2.39. The van der Waals surface area contributed by atoms with Crippen LogP contribution in [0.2, 0.25) is 10.0 Å². The van der Waals surface area contributed by atoms with Crippen LogP contribution in [0.25, 0.3) is 0 Å². The Labute approximate surface area is 126 Å². The molecule has 0 spiro atoms. The molecule has 0 unspecified atom stereocenters. The summed E-state index contributed by atoms with van der Waals surface area (Å²) >= 11 is 11.8. The number of rotatable bonds is 3. The molecule has 1 aliphatic rings. The van der Waals surface area contributed by atoms with Gasteiger partial charge < -0.3 is 15.8 Å². The molecule has 0 bridgehead atoms. The van der Waals surface area contributed by atoms with Crippen LogP contribution in [0.4, 0.5) is 10.1 Å². The summed E-state index contributed by atoms with van der Waals surface area (Å²) in [5.41, 5.74) is 5.26. The molecule has 0 radical (unpaired) electrons. The van der Waals surface area contributed by atoms with Gasteiger partial charge in [0.2, 0.25) is 5.91 Å². The van der Waals surface area contributed by atoms with Crippen LogP contribution in [0.3, 0.4) is 0 Å². The highest BCUT2D eigenvalue weighted by atomic mass is 35.5. The number of halogens is 3. The fourth-order valence-corrected chi connectivity index (χ4v) is 2.75. The van der Waals surface area contributed by atoms with Gasteiger partial charge in [0.25, 0.3) is 0 Å². The molecule has 7 heteroatoms. The smallest absolute Gasteiger partial charge is 0.232 e. The molecule has 1 fully saturated rings. The number of carbonyl (C=O) groups is 1. The number of nitrogens with two attached hydrogens (primary N) is 1. The van der Waals surface area contributed by atoms with E-state index >= 15 is 0 Å². The monoisotopic (exact) mass is 320 g/mol. The highest BCUT2D eigenvalue weighted by molar-refractivity contribution is 6.39. The minimum atomic E-state index is -0.695. The first-order chi connectivity index (χ1) is 9.48. The first-order valence-electron chi connectivity index (χ1n) is 6.22. The van der Waals surface area contributed by atoms with Crippen molar-refractivity contribution >= 4 is 34.8 Å². The van der Waals surface area contributed by atoms with E-state index in [1.807, 2.05) is 0 Å². The first kappa shape index (κ1) is 15.5. The van der Waals surface area contributed by atoms with Crippen molar-refractivity contribution in [1.82, 2.24) is 0 Å². The van der Waals surface area contributed by atoms with Gasteiger partial charge in [0.1, 0.15) is 5.82 Å². The molecule has 1 aromatic rings. The lowest BCUT2D eigenvalue weighted by Gasteiger charge is -2.34. The molecule has 1 aliphatic heterocycles. The van der Waals surface area contributed by atoms with Gasteiger partial charge in [-0.1, -0.05) is 23.2 Å². The van der Waals surface area contributed by atoms with Crippen molar-refractivity contribution in [3.63, 3.8) is 0 Å². The van der Waals surface area contributed by atoms with E-state index in [0.29, 0.717) is 26.1 Å². The minimum absolute atomic E-state index is 0.0579. The molecular formula is C13H15Cl2FN2O2. The molecule has 1 heterocycles. The molecule has 0 saturated carbocycles. The van der Waals surface area contributed by atoms with Gasteiger partial charge in [0.05, 0.1) is 21.1 Å². The predicted octanol–water partition coefficient (Wildman–Crippen LogP) is 2.83. The Bertz CT molecular complexity index is 496. The summed E-state index contributed by atoms with van der Waals surface area (Å²) in [5.74, 6) is -0.823. The fraction of sp³-hybridized carbons (Fsp3) is 0.462. The summed E-state index contributed by atoms with van der Waals surface area (Å²) < 4.78 is 18.4. The van der Waals surface area contributed by atoms with Gasteiger partial charge in [-0.2, -0.15) is 0 Å². The zero-order chi connectivity index (χ0) is 14.8. The molecule has 110 valence electrons. The van der Waals surface area contributed by atoms with Gasteiger partial charge >= 0.3 is 0 Å². The quantitative estimate of drug-likeness (QED) is 0.900. The molecule has 1 amide bonds. The van der Waals surface area contributed by atoms with E-state index in [4.69, 9.17) is 33.7 Å². The Morgan fingerprint density at radius 2 is 1.90 bits per heavy atom. The van der Waals surface area contributed by atoms with Gasteiger partial charge in [0.15, 0.2) is 0 Å². The van der Waals surface area contributed by atoms with Crippen molar-refractivity contribution in [3.8, 4) is 0 Å². The Hall–Kier alpha value is -0.880. The lowest BCUT2D eigenvalue weighted by atomic mass is 9.79. The van der Waals surface area contributed by atoms with E-state index in [2.05, 4.69) is 5.32 Å². The highest BCUT2D eigenvalue weighted by Crippen LogP contribution is 2.35. The largest absolute Gasteiger partial charge is 0.381 e. The Kier molecular flexibility index (Phi) is 4.86. The van der Waals surface area contributed by atoms with Crippen molar-refractivity contribution in [2.45, 2.75) is 12.8 Å². The first-order valence-corrected chi connectivity index (χ1v) is 6.98. The zero-order valence-corrected chi connectivity index (χ0v) is 12.2. The van der Waals surface area contributed by atoms with E-state index in [1.54, 1.807) is 0 Å². The maximum absolute atomic E-state index is 13.1. The number of hydrogen-bond donors (Lipinski definition) is 2. The molecule has 20 heavy (non-hydrogen) atoms. The summed E-state index contributed by atoms with van der Waals surface area (Å²) in [6.45, 7) is 1.17. The minimum Gasteiger partial charge on any atom is -0.381 e. The van der Waals surface area contributed by atoms with Crippen molar-refractivity contribution in [2.75, 3.05) is 25.1 Å². The maximum atomic E-state index is 13.1. The maximum Gasteiger partial charge on any atom is 0.232 e. The number of benzene rings is 1. The molecular weight excluding hydrogens is 306 g/mol. The second kappa shape index (κ2) is 6.26. The predicted molar refractivity (Wildman–Crippen MR) is 76.6 cm³/mol. The van der Waals surface area contributed by atoms with Crippen LogP contribution in [-0.4, -0.2) is 25.7 Å². The molecule has 0 aliphatic carbocycles. The van der Waals surface area contributed by atoms with Crippen LogP contribution in [0.15, 0.2) is 12.1 Å². The molecule has 1 aromatic carbocycles. The third kappa shape index (κ3) is 3.06. The van der Waals surface area contributed by atoms with Crippen molar-refractivity contribution in [3.05, 3.63) is 28.0 Å². The number of anilines is 1. The van der Waals surface area contributed by atoms with Gasteiger partial charge in [-0.3, -0.25) is 4.79 Å². The molecule has 2 rings (SSSR count). The van der Waals surface area contributed by atoms with Crippen LogP contribution in [0.1, 0.15) is 12.8 Å². The van der Waals surface area contributed by atoms with E-state index in [9.17, 15) is 9.18 Å². The average molecular weight is 321 g/mol. The lowest BCUT2D eigenvalue weighted by molar-refractivity contribution is -0.130. The Morgan fingerprint density at radius 1 is 1.35 bits per heavy atom. The summed E-state index contributed by atoms with van der Waals surface area (Å²) in [5, 5.41) is 2.78. The molecule has 0 aromatic heterocycles. The molecule has 4 nitrogen and oxygen atoms in total. The lowest BCUT2D eigenvalue weighted by Crippen LogP contribution is -2.46. The fourth-order valence-electron chi connectivity index (χ4n) is 2.19. The van der Waals surface area contributed by atoms with E-state index < -0.39 is 11.2 Å². The SMILES string of the molecule is NCC1(C(=O)Nc2c(Cl)cc(F)cc2Cl)CCOCC1. The number of ether oxygens (including phenoxy) is 1. The molecule has 1 saturated heterocycles. The summed E-state index contributed by atoms with van der Waals surface area (Å²) in [6, 6.07) is 2.20. The normalized spacial score (nSPS) is 17.8. The van der Waals surface area contributed by atoms with Crippen molar-refractivity contribution in [2.24, 2.45) is 11.1 Å². The molecule has 3 N–H and O–H groups in total. The number of amides is 1. The van der Waals surface area contributed by atoms with Gasteiger partial charge in [-0.15, -0.1) is 0 Å². The second-order valence-electron chi connectivity index (χ2n) is 4.80. The topological polar surface area (TPSA) is 64.4 Å². The Morgan fingerprint density at radius 3 is 2.40 bits per heavy atom. The van der Waals surface area contributed by atoms with Gasteiger partial charge in [0, 0.05) is 19.8 Å². The van der Waals surface area contributed by atoms with E-state index in [1.165, 1.54) is 0 Å².